The van der Waals surface area contributed by atoms with Gasteiger partial charge in [-0.25, -0.2) is 0 Å². The molecule has 0 aliphatic heterocycles. The van der Waals surface area contributed by atoms with Gasteiger partial charge < -0.3 is 4.90 Å². The van der Waals surface area contributed by atoms with Crippen LogP contribution in [-0.4, -0.2) is 0 Å². The van der Waals surface area contributed by atoms with Crippen molar-refractivity contribution in [3.63, 3.8) is 0 Å². The zero-order chi connectivity index (χ0) is 36.2. The fraction of sp³-hybridized carbons (Fsp3) is 0.0566. The molecule has 0 N–H and O–H groups in total. The van der Waals surface area contributed by atoms with E-state index in [4.69, 9.17) is 0 Å². The van der Waals surface area contributed by atoms with Crippen LogP contribution in [0.3, 0.4) is 0 Å². The van der Waals surface area contributed by atoms with Crippen molar-refractivity contribution in [2.45, 2.75) is 19.3 Å². The molecule has 0 radical (unpaired) electrons. The molecule has 0 heterocycles. The highest BCUT2D eigenvalue weighted by atomic mass is 15.1. The first-order valence-electron chi connectivity index (χ1n) is 18.8. The largest absolute Gasteiger partial charge is 0.310 e. The number of rotatable bonds is 6. The van der Waals surface area contributed by atoms with Gasteiger partial charge in [-0.15, -0.1) is 0 Å². The Morgan fingerprint density at radius 3 is 1.50 bits per heavy atom. The van der Waals surface area contributed by atoms with Crippen LogP contribution in [0, 0.1) is 0 Å². The van der Waals surface area contributed by atoms with Crippen LogP contribution in [0.2, 0.25) is 0 Å². The van der Waals surface area contributed by atoms with Gasteiger partial charge in [0.15, 0.2) is 0 Å². The van der Waals surface area contributed by atoms with Gasteiger partial charge in [0, 0.05) is 22.2 Å². The van der Waals surface area contributed by atoms with Crippen LogP contribution in [-0.2, 0) is 5.41 Å². The lowest BCUT2D eigenvalue weighted by Crippen LogP contribution is -2.16. The van der Waals surface area contributed by atoms with E-state index in [1.807, 2.05) is 0 Å². The Morgan fingerprint density at radius 1 is 0.333 bits per heavy atom. The molecule has 54 heavy (non-hydrogen) atoms. The molecule has 0 saturated heterocycles. The summed E-state index contributed by atoms with van der Waals surface area (Å²) in [7, 11) is 0. The van der Waals surface area contributed by atoms with Crippen LogP contribution in [0.25, 0.3) is 66.1 Å². The molecular weight excluding hydrogens is 651 g/mol. The van der Waals surface area contributed by atoms with Crippen molar-refractivity contribution < 1.29 is 0 Å². The summed E-state index contributed by atoms with van der Waals surface area (Å²) in [6.45, 7) is 4.72. The fourth-order valence-electron chi connectivity index (χ4n) is 8.67. The molecule has 9 aromatic rings. The predicted octanol–water partition coefficient (Wildman–Crippen LogP) is 14.8. The average molecular weight is 690 g/mol. The van der Waals surface area contributed by atoms with Gasteiger partial charge in [-0.05, 0) is 120 Å². The molecule has 0 bridgehead atoms. The lowest BCUT2D eigenvalue weighted by atomic mass is 9.82. The predicted molar refractivity (Wildman–Crippen MR) is 230 cm³/mol. The summed E-state index contributed by atoms with van der Waals surface area (Å²) >= 11 is 0. The van der Waals surface area contributed by atoms with E-state index >= 15 is 0 Å². The Bertz CT molecular complexity index is 2770. The smallest absolute Gasteiger partial charge is 0.0546 e. The highest BCUT2D eigenvalue weighted by molar-refractivity contribution is 6.14. The molecule has 0 saturated carbocycles. The van der Waals surface area contributed by atoms with Crippen LogP contribution in [0.1, 0.15) is 25.0 Å². The quantitative estimate of drug-likeness (QED) is 0.157. The molecule has 1 nitrogen and oxygen atoms in total. The van der Waals surface area contributed by atoms with E-state index in [0.717, 1.165) is 11.4 Å². The lowest BCUT2D eigenvalue weighted by molar-refractivity contribution is 0.660. The van der Waals surface area contributed by atoms with E-state index in [1.165, 1.54) is 82.9 Å². The SMILES string of the molecule is CC1(C)c2ccccc2-c2ccc(N(c3ccc(-c4cc(-c5ccccc5)cc(-c5ccccc5)c4)cc3)c3cc4ccccc4c4ccccc34)cc21. The number of hydrogen-bond acceptors (Lipinski definition) is 1. The van der Waals surface area contributed by atoms with Gasteiger partial charge >= 0.3 is 0 Å². The second-order valence-corrected chi connectivity index (χ2v) is 15.0. The minimum atomic E-state index is -0.108. The Hall–Kier alpha value is -6.70. The number of fused-ring (bicyclic) bond motifs is 6. The first kappa shape index (κ1) is 32.0. The third-order valence-corrected chi connectivity index (χ3v) is 11.4. The van der Waals surface area contributed by atoms with Crippen molar-refractivity contribution in [3.8, 4) is 44.5 Å². The van der Waals surface area contributed by atoms with Crippen LogP contribution in [0.15, 0.2) is 200 Å². The van der Waals surface area contributed by atoms with E-state index in [9.17, 15) is 0 Å². The van der Waals surface area contributed by atoms with Crippen LogP contribution >= 0.6 is 0 Å². The van der Waals surface area contributed by atoms with E-state index in [2.05, 4.69) is 219 Å². The maximum absolute atomic E-state index is 2.47. The van der Waals surface area contributed by atoms with Gasteiger partial charge in [0.2, 0.25) is 0 Å². The number of hydrogen-bond donors (Lipinski definition) is 0. The monoisotopic (exact) mass is 689 g/mol. The summed E-state index contributed by atoms with van der Waals surface area (Å²) in [4.78, 5) is 2.47. The van der Waals surface area contributed by atoms with Gasteiger partial charge in [0.1, 0.15) is 0 Å². The fourth-order valence-corrected chi connectivity index (χ4v) is 8.67. The highest BCUT2D eigenvalue weighted by Crippen LogP contribution is 2.51. The first-order chi connectivity index (χ1) is 26.5. The molecule has 0 spiro atoms. The molecule has 1 aliphatic carbocycles. The number of nitrogens with zero attached hydrogens (tertiary/aromatic N) is 1. The van der Waals surface area contributed by atoms with Gasteiger partial charge in [0.25, 0.3) is 0 Å². The van der Waals surface area contributed by atoms with E-state index in [-0.39, 0.29) is 5.41 Å². The topological polar surface area (TPSA) is 3.24 Å². The molecule has 10 rings (SSSR count). The lowest BCUT2D eigenvalue weighted by Gasteiger charge is -2.29. The summed E-state index contributed by atoms with van der Waals surface area (Å²) in [5.41, 5.74) is 16.0. The molecule has 0 amide bonds. The van der Waals surface area contributed by atoms with Crippen LogP contribution < -0.4 is 4.90 Å². The second-order valence-electron chi connectivity index (χ2n) is 15.0. The summed E-state index contributed by atoms with van der Waals surface area (Å²) in [5.74, 6) is 0. The number of anilines is 3. The zero-order valence-corrected chi connectivity index (χ0v) is 30.5. The Balaban J connectivity index is 1.15. The van der Waals surface area contributed by atoms with Crippen LogP contribution in [0.5, 0.6) is 0 Å². The van der Waals surface area contributed by atoms with Crippen molar-refractivity contribution in [3.05, 3.63) is 211 Å². The second kappa shape index (κ2) is 12.8. The maximum Gasteiger partial charge on any atom is 0.0546 e. The molecular formula is C53H39N. The molecule has 0 fully saturated rings. The van der Waals surface area contributed by atoms with Gasteiger partial charge in [-0.1, -0.05) is 166 Å². The summed E-state index contributed by atoms with van der Waals surface area (Å²) in [6.07, 6.45) is 0. The first-order valence-corrected chi connectivity index (χ1v) is 18.8. The Kier molecular flexibility index (Phi) is 7.56. The minimum absolute atomic E-state index is 0.108. The summed E-state index contributed by atoms with van der Waals surface area (Å²) in [6, 6.07) is 73.4. The molecule has 0 unspecified atom stereocenters. The highest BCUT2D eigenvalue weighted by Gasteiger charge is 2.35. The molecule has 0 atom stereocenters. The zero-order valence-electron chi connectivity index (χ0n) is 30.5. The molecule has 9 aromatic carbocycles. The van der Waals surface area contributed by atoms with Gasteiger partial charge in [-0.2, -0.15) is 0 Å². The van der Waals surface area contributed by atoms with E-state index < -0.39 is 0 Å². The van der Waals surface area contributed by atoms with Crippen LogP contribution in [0.4, 0.5) is 17.1 Å². The van der Waals surface area contributed by atoms with E-state index in [1.54, 1.807) is 0 Å². The maximum atomic E-state index is 2.47. The molecule has 0 aromatic heterocycles. The van der Waals surface area contributed by atoms with Crippen molar-refractivity contribution in [2.24, 2.45) is 0 Å². The number of benzene rings is 9. The standard InChI is InChI=1S/C53H39N/c1-53(2)50-24-14-13-22-47(50)48-30-29-44(35-51(48)53)54(52-34-39-19-9-10-20-45(39)46-21-11-12-23-49(46)52)43-27-25-38(26-28-43)42-32-40(36-15-5-3-6-16-36)31-41(33-42)37-17-7-4-8-18-37/h3-35H,1-2H3. The van der Waals surface area contributed by atoms with Crippen molar-refractivity contribution in [1.29, 1.82) is 0 Å². The minimum Gasteiger partial charge on any atom is -0.310 e. The average Bonchev–Trinajstić information content (AvgIpc) is 3.47. The van der Waals surface area contributed by atoms with E-state index in [0.29, 0.717) is 0 Å². The molecule has 256 valence electrons. The normalized spacial score (nSPS) is 12.8. The summed E-state index contributed by atoms with van der Waals surface area (Å²) in [5, 5.41) is 4.98. The molecule has 1 aliphatic rings. The van der Waals surface area contributed by atoms with Crippen molar-refractivity contribution in [2.75, 3.05) is 4.90 Å². The van der Waals surface area contributed by atoms with Crippen molar-refractivity contribution >= 4 is 38.6 Å². The Labute approximate surface area is 317 Å². The van der Waals surface area contributed by atoms with Crippen molar-refractivity contribution in [1.82, 2.24) is 0 Å². The third-order valence-electron chi connectivity index (χ3n) is 11.4. The summed E-state index contributed by atoms with van der Waals surface area (Å²) < 4.78 is 0. The molecule has 1 heteroatoms. The van der Waals surface area contributed by atoms with Gasteiger partial charge in [0.05, 0.1) is 5.69 Å². The van der Waals surface area contributed by atoms with Gasteiger partial charge in [-0.3, -0.25) is 0 Å². The third kappa shape index (κ3) is 5.32. The Morgan fingerprint density at radius 2 is 0.833 bits per heavy atom.